The SMILES string of the molecule is Cc1ccc(C(C)N(C)C(=O)COC(C)(C)C)s1. The van der Waals surface area contributed by atoms with Crippen LogP contribution in [0.4, 0.5) is 0 Å². The third-order valence-electron chi connectivity index (χ3n) is 2.78. The fourth-order valence-corrected chi connectivity index (χ4v) is 2.44. The lowest BCUT2D eigenvalue weighted by atomic mass is 10.2. The smallest absolute Gasteiger partial charge is 0.248 e. The molecule has 1 heterocycles. The highest BCUT2D eigenvalue weighted by Gasteiger charge is 2.20. The summed E-state index contributed by atoms with van der Waals surface area (Å²) in [5, 5.41) is 0. The first-order valence-corrected chi connectivity index (χ1v) is 6.98. The van der Waals surface area contributed by atoms with Crippen LogP contribution in [-0.2, 0) is 9.53 Å². The monoisotopic (exact) mass is 269 g/mol. The lowest BCUT2D eigenvalue weighted by molar-refractivity contribution is -0.141. The Labute approximate surface area is 114 Å². The maximum atomic E-state index is 12.0. The second-order valence-corrected chi connectivity index (χ2v) is 6.85. The largest absolute Gasteiger partial charge is 0.366 e. The highest BCUT2D eigenvalue weighted by atomic mass is 32.1. The summed E-state index contributed by atoms with van der Waals surface area (Å²) < 4.78 is 5.52. The van der Waals surface area contributed by atoms with Gasteiger partial charge in [0.2, 0.25) is 5.91 Å². The molecule has 0 N–H and O–H groups in total. The Morgan fingerprint density at radius 2 is 2.06 bits per heavy atom. The summed E-state index contributed by atoms with van der Waals surface area (Å²) in [7, 11) is 1.83. The first kappa shape index (κ1) is 15.2. The van der Waals surface area contributed by atoms with Crippen molar-refractivity contribution in [2.24, 2.45) is 0 Å². The number of amides is 1. The number of hydrogen-bond donors (Lipinski definition) is 0. The second kappa shape index (κ2) is 5.85. The van der Waals surface area contributed by atoms with E-state index < -0.39 is 0 Å². The zero-order chi connectivity index (χ0) is 13.9. The van der Waals surface area contributed by atoms with E-state index in [0.29, 0.717) is 0 Å². The van der Waals surface area contributed by atoms with Gasteiger partial charge in [-0.1, -0.05) is 0 Å². The van der Waals surface area contributed by atoms with Crippen LogP contribution in [0.5, 0.6) is 0 Å². The Bertz CT molecular complexity index is 406. The predicted molar refractivity (Wildman–Crippen MR) is 75.9 cm³/mol. The Hall–Kier alpha value is -0.870. The summed E-state index contributed by atoms with van der Waals surface area (Å²) in [6, 6.07) is 4.26. The van der Waals surface area contributed by atoms with Gasteiger partial charge in [0.05, 0.1) is 11.6 Å². The molecule has 4 heteroatoms. The van der Waals surface area contributed by atoms with E-state index >= 15 is 0 Å². The van der Waals surface area contributed by atoms with Crippen molar-refractivity contribution in [1.82, 2.24) is 4.90 Å². The van der Waals surface area contributed by atoms with E-state index in [2.05, 4.69) is 19.1 Å². The topological polar surface area (TPSA) is 29.5 Å². The summed E-state index contributed by atoms with van der Waals surface area (Å²) in [5.41, 5.74) is -0.279. The molecule has 0 spiro atoms. The molecular formula is C14H23NO2S. The van der Waals surface area contributed by atoms with Crippen molar-refractivity contribution >= 4 is 17.2 Å². The van der Waals surface area contributed by atoms with Gasteiger partial charge in [-0.2, -0.15) is 0 Å². The molecule has 1 rings (SSSR count). The van der Waals surface area contributed by atoms with E-state index in [1.807, 2.05) is 34.7 Å². The zero-order valence-corrected chi connectivity index (χ0v) is 12.9. The van der Waals surface area contributed by atoms with Gasteiger partial charge in [0.15, 0.2) is 0 Å². The lowest BCUT2D eigenvalue weighted by Crippen LogP contribution is -2.35. The minimum atomic E-state index is -0.279. The van der Waals surface area contributed by atoms with Gasteiger partial charge in [0.1, 0.15) is 6.61 Å². The van der Waals surface area contributed by atoms with Crippen molar-refractivity contribution in [2.75, 3.05) is 13.7 Å². The van der Waals surface area contributed by atoms with Crippen LogP contribution in [0.1, 0.15) is 43.5 Å². The van der Waals surface area contributed by atoms with E-state index in [9.17, 15) is 4.79 Å². The number of rotatable bonds is 4. The molecule has 1 unspecified atom stereocenters. The van der Waals surface area contributed by atoms with Crippen LogP contribution in [0, 0.1) is 6.92 Å². The molecule has 0 bridgehead atoms. The second-order valence-electron chi connectivity index (χ2n) is 5.53. The summed E-state index contributed by atoms with van der Waals surface area (Å²) in [4.78, 5) is 16.2. The highest BCUT2D eigenvalue weighted by molar-refractivity contribution is 7.12. The first-order chi connectivity index (χ1) is 8.20. The van der Waals surface area contributed by atoms with Gasteiger partial charge in [0.25, 0.3) is 0 Å². The lowest BCUT2D eigenvalue weighted by Gasteiger charge is -2.26. The molecule has 0 aliphatic rings. The van der Waals surface area contributed by atoms with Crippen LogP contribution in [-0.4, -0.2) is 30.1 Å². The summed E-state index contributed by atoms with van der Waals surface area (Å²) in [6.07, 6.45) is 0. The predicted octanol–water partition coefficient (Wildman–Crippen LogP) is 3.39. The number of nitrogens with zero attached hydrogens (tertiary/aromatic N) is 1. The molecular weight excluding hydrogens is 246 g/mol. The van der Waals surface area contributed by atoms with Crippen LogP contribution in [0.3, 0.4) is 0 Å². The molecule has 0 saturated heterocycles. The molecule has 1 aromatic rings. The fraction of sp³-hybridized carbons (Fsp3) is 0.643. The molecule has 0 radical (unpaired) electrons. The van der Waals surface area contributed by atoms with Gasteiger partial charge < -0.3 is 9.64 Å². The van der Waals surface area contributed by atoms with Crippen molar-refractivity contribution in [2.45, 2.75) is 46.3 Å². The quantitative estimate of drug-likeness (QED) is 0.838. The Kier molecular flexibility index (Phi) is 4.93. The number of aryl methyl sites for hydroxylation is 1. The van der Waals surface area contributed by atoms with Crippen molar-refractivity contribution in [3.63, 3.8) is 0 Å². The molecule has 0 aliphatic heterocycles. The van der Waals surface area contributed by atoms with Gasteiger partial charge in [-0.15, -0.1) is 11.3 Å². The van der Waals surface area contributed by atoms with Gasteiger partial charge >= 0.3 is 0 Å². The average Bonchev–Trinajstić information content (AvgIpc) is 2.69. The number of thiophene rings is 1. The minimum Gasteiger partial charge on any atom is -0.366 e. The molecule has 1 aromatic heterocycles. The normalized spacial score (nSPS) is 13.4. The minimum absolute atomic E-state index is 0.0171. The van der Waals surface area contributed by atoms with Crippen LogP contribution >= 0.6 is 11.3 Å². The third-order valence-corrected chi connectivity index (χ3v) is 3.95. The molecule has 0 aromatic carbocycles. The van der Waals surface area contributed by atoms with E-state index in [4.69, 9.17) is 4.74 Å². The molecule has 1 atom stereocenters. The van der Waals surface area contributed by atoms with Crippen molar-refractivity contribution < 1.29 is 9.53 Å². The number of hydrogen-bond acceptors (Lipinski definition) is 3. The van der Waals surface area contributed by atoms with Crippen LogP contribution in [0.25, 0.3) is 0 Å². The third kappa shape index (κ3) is 4.42. The molecule has 3 nitrogen and oxygen atoms in total. The van der Waals surface area contributed by atoms with Crippen molar-refractivity contribution in [1.29, 1.82) is 0 Å². The molecule has 102 valence electrons. The average molecular weight is 269 g/mol. The summed E-state index contributed by atoms with van der Waals surface area (Å²) in [6.45, 7) is 10.1. The first-order valence-electron chi connectivity index (χ1n) is 6.16. The molecule has 1 amide bonds. The van der Waals surface area contributed by atoms with E-state index in [1.165, 1.54) is 9.75 Å². The number of carbonyl (C=O) groups is 1. The molecule has 18 heavy (non-hydrogen) atoms. The molecule has 0 aliphatic carbocycles. The summed E-state index contributed by atoms with van der Waals surface area (Å²) in [5.74, 6) is 0.0171. The van der Waals surface area contributed by atoms with Gasteiger partial charge in [-0.05, 0) is 46.8 Å². The van der Waals surface area contributed by atoms with Crippen LogP contribution < -0.4 is 0 Å². The van der Waals surface area contributed by atoms with Crippen molar-refractivity contribution in [3.05, 3.63) is 21.9 Å². The Morgan fingerprint density at radius 3 is 2.50 bits per heavy atom. The van der Waals surface area contributed by atoms with Gasteiger partial charge in [-0.3, -0.25) is 4.79 Å². The van der Waals surface area contributed by atoms with E-state index in [-0.39, 0.29) is 24.2 Å². The Morgan fingerprint density at radius 1 is 1.44 bits per heavy atom. The van der Waals surface area contributed by atoms with E-state index in [1.54, 1.807) is 16.2 Å². The highest BCUT2D eigenvalue weighted by Crippen LogP contribution is 2.26. The fourth-order valence-electron chi connectivity index (χ4n) is 1.46. The zero-order valence-electron chi connectivity index (χ0n) is 12.1. The Balaban J connectivity index is 2.58. The maximum absolute atomic E-state index is 12.0. The number of carbonyl (C=O) groups excluding carboxylic acids is 1. The van der Waals surface area contributed by atoms with Crippen LogP contribution in [0.15, 0.2) is 12.1 Å². The van der Waals surface area contributed by atoms with Gasteiger partial charge in [-0.25, -0.2) is 0 Å². The van der Waals surface area contributed by atoms with Crippen LogP contribution in [0.2, 0.25) is 0 Å². The number of likely N-dealkylation sites (N-methyl/N-ethyl adjacent to an activating group) is 1. The van der Waals surface area contributed by atoms with Gasteiger partial charge in [0, 0.05) is 16.8 Å². The number of ether oxygens (including phenoxy) is 1. The molecule has 0 saturated carbocycles. The maximum Gasteiger partial charge on any atom is 0.248 e. The van der Waals surface area contributed by atoms with E-state index in [0.717, 1.165) is 0 Å². The molecule has 0 fully saturated rings. The van der Waals surface area contributed by atoms with Crippen molar-refractivity contribution in [3.8, 4) is 0 Å². The standard InChI is InChI=1S/C14H23NO2S/c1-10-7-8-12(18-10)11(2)15(6)13(16)9-17-14(3,4)5/h7-8,11H,9H2,1-6H3. The summed E-state index contributed by atoms with van der Waals surface area (Å²) >= 11 is 1.73.